The largest absolute Gasteiger partial charge is 0.396 e. The molecule has 9 heteroatoms. The highest BCUT2D eigenvalue weighted by Crippen LogP contribution is 2.36. The average molecular weight is 393 g/mol. The number of aliphatic hydroxyl groups excluding tert-OH is 1. The number of rotatable bonds is 4. The summed E-state index contributed by atoms with van der Waals surface area (Å²) in [6.07, 6.45) is 1.39. The predicted molar refractivity (Wildman–Crippen MR) is 99.6 cm³/mol. The van der Waals surface area contributed by atoms with Gasteiger partial charge in [0.05, 0.1) is 5.69 Å². The van der Waals surface area contributed by atoms with Gasteiger partial charge in [-0.2, -0.15) is 20.7 Å². The third kappa shape index (κ3) is 2.75. The van der Waals surface area contributed by atoms with Crippen molar-refractivity contribution in [2.45, 2.75) is 17.7 Å². The fraction of sp³-hybridized carbons (Fsp3) is 0.412. The molecule has 7 nitrogen and oxygen atoms in total. The summed E-state index contributed by atoms with van der Waals surface area (Å²) in [7, 11) is -1.89. The molecular weight excluding hydrogens is 372 g/mol. The fourth-order valence-corrected chi connectivity index (χ4v) is 5.88. The van der Waals surface area contributed by atoms with Gasteiger partial charge < -0.3 is 5.11 Å². The molecule has 1 aliphatic heterocycles. The van der Waals surface area contributed by atoms with Crippen molar-refractivity contribution in [1.82, 2.24) is 19.1 Å². The molecule has 0 aliphatic carbocycles. The lowest BCUT2D eigenvalue weighted by atomic mass is 9.92. The maximum atomic E-state index is 13.2. The lowest BCUT2D eigenvalue weighted by Crippen LogP contribution is -2.29. The van der Waals surface area contributed by atoms with Gasteiger partial charge in [-0.1, -0.05) is 0 Å². The summed E-state index contributed by atoms with van der Waals surface area (Å²) in [6, 6.07) is 3.65. The summed E-state index contributed by atoms with van der Waals surface area (Å²) < 4.78 is 29.4. The first kappa shape index (κ1) is 17.6. The Hall–Kier alpha value is -1.81. The van der Waals surface area contributed by atoms with E-state index < -0.39 is 10.0 Å². The van der Waals surface area contributed by atoms with E-state index in [0.717, 1.165) is 16.6 Å². The van der Waals surface area contributed by atoms with E-state index in [1.165, 1.54) is 10.5 Å². The first-order valence-corrected chi connectivity index (χ1v) is 10.7. The molecule has 0 amide bonds. The molecule has 4 rings (SSSR count). The van der Waals surface area contributed by atoms with Crippen LogP contribution in [0.1, 0.15) is 17.2 Å². The SMILES string of the molecule is Cc1nn(C)c2ncc(S(=O)(=O)N3CC(CO)C(c4ccsc4)C3)cc12. The lowest BCUT2D eigenvalue weighted by molar-refractivity contribution is 0.223. The van der Waals surface area contributed by atoms with Crippen LogP contribution in [0.5, 0.6) is 0 Å². The van der Waals surface area contributed by atoms with Crippen LogP contribution in [-0.2, 0) is 17.1 Å². The monoisotopic (exact) mass is 392 g/mol. The molecule has 1 fully saturated rings. The highest BCUT2D eigenvalue weighted by molar-refractivity contribution is 7.89. The second-order valence-electron chi connectivity index (χ2n) is 6.68. The Kier molecular flexibility index (Phi) is 4.34. The average Bonchev–Trinajstić information content (AvgIpc) is 3.34. The Bertz CT molecular complexity index is 1040. The summed E-state index contributed by atoms with van der Waals surface area (Å²) in [5.41, 5.74) is 2.49. The minimum atomic E-state index is -3.68. The van der Waals surface area contributed by atoms with Crippen LogP contribution in [0.25, 0.3) is 11.0 Å². The first-order valence-electron chi connectivity index (χ1n) is 8.34. The van der Waals surface area contributed by atoms with E-state index in [0.29, 0.717) is 18.7 Å². The molecule has 2 unspecified atom stereocenters. The van der Waals surface area contributed by atoms with E-state index in [1.807, 2.05) is 23.8 Å². The fourth-order valence-electron chi connectivity index (χ4n) is 3.66. The molecule has 4 heterocycles. The number of fused-ring (bicyclic) bond motifs is 1. The van der Waals surface area contributed by atoms with Crippen molar-refractivity contribution < 1.29 is 13.5 Å². The third-order valence-corrected chi connectivity index (χ3v) is 7.59. The van der Waals surface area contributed by atoms with E-state index in [-0.39, 0.29) is 23.3 Å². The van der Waals surface area contributed by atoms with Gasteiger partial charge in [-0.3, -0.25) is 4.68 Å². The number of nitrogens with zero attached hydrogens (tertiary/aromatic N) is 4. The van der Waals surface area contributed by atoms with Crippen LogP contribution in [0.2, 0.25) is 0 Å². The van der Waals surface area contributed by atoms with E-state index >= 15 is 0 Å². The van der Waals surface area contributed by atoms with E-state index in [1.54, 1.807) is 29.1 Å². The van der Waals surface area contributed by atoms with Crippen LogP contribution in [0.4, 0.5) is 0 Å². The molecule has 3 aromatic heterocycles. The van der Waals surface area contributed by atoms with Gasteiger partial charge in [0, 0.05) is 50.2 Å². The zero-order chi connectivity index (χ0) is 18.5. The summed E-state index contributed by atoms with van der Waals surface area (Å²) in [6.45, 7) is 2.48. The zero-order valence-electron chi connectivity index (χ0n) is 14.5. The van der Waals surface area contributed by atoms with Gasteiger partial charge in [0.2, 0.25) is 10.0 Å². The standard InChI is InChI=1S/C17H20N4O3S2/c1-11-15-5-14(6-18-17(15)20(2)19-11)26(23,24)21-7-13(9-22)16(8-21)12-3-4-25-10-12/h3-6,10,13,16,22H,7-9H2,1-2H3. The van der Waals surface area contributed by atoms with Crippen LogP contribution in [-0.4, -0.2) is 52.3 Å². The molecule has 3 aromatic rings. The van der Waals surface area contributed by atoms with Crippen LogP contribution in [0, 0.1) is 12.8 Å². The van der Waals surface area contributed by atoms with Crippen LogP contribution in [0.3, 0.4) is 0 Å². The zero-order valence-corrected chi connectivity index (χ0v) is 16.2. The topological polar surface area (TPSA) is 88.3 Å². The Morgan fingerprint density at radius 1 is 1.38 bits per heavy atom. The van der Waals surface area contributed by atoms with Crippen LogP contribution < -0.4 is 0 Å². The molecule has 1 N–H and O–H groups in total. The minimum absolute atomic E-state index is 0.0119. The molecule has 138 valence electrons. The third-order valence-electron chi connectivity index (χ3n) is 5.09. The van der Waals surface area contributed by atoms with Gasteiger partial charge in [-0.25, -0.2) is 13.4 Å². The van der Waals surface area contributed by atoms with Crippen molar-refractivity contribution in [1.29, 1.82) is 0 Å². The maximum Gasteiger partial charge on any atom is 0.244 e. The number of aromatic nitrogens is 3. The molecule has 0 radical (unpaired) electrons. The highest BCUT2D eigenvalue weighted by Gasteiger charge is 2.40. The number of pyridine rings is 1. The molecule has 0 bridgehead atoms. The normalized spacial score (nSPS) is 21.7. The summed E-state index contributed by atoms with van der Waals surface area (Å²) >= 11 is 1.58. The predicted octanol–water partition coefficient (Wildman–Crippen LogP) is 1.73. The van der Waals surface area contributed by atoms with Gasteiger partial charge in [0.15, 0.2) is 5.65 Å². The Morgan fingerprint density at radius 3 is 2.88 bits per heavy atom. The Morgan fingerprint density at radius 2 is 2.19 bits per heavy atom. The molecule has 0 saturated carbocycles. The smallest absolute Gasteiger partial charge is 0.244 e. The lowest BCUT2D eigenvalue weighted by Gasteiger charge is -2.16. The quantitative estimate of drug-likeness (QED) is 0.731. The Labute approximate surface area is 156 Å². The van der Waals surface area contributed by atoms with Crippen LogP contribution in [0.15, 0.2) is 34.0 Å². The van der Waals surface area contributed by atoms with Gasteiger partial charge in [-0.15, -0.1) is 0 Å². The molecule has 1 aliphatic rings. The van der Waals surface area contributed by atoms with Crippen molar-refractivity contribution in [2.24, 2.45) is 13.0 Å². The maximum absolute atomic E-state index is 13.2. The Balaban J connectivity index is 1.69. The van der Waals surface area contributed by atoms with Gasteiger partial charge in [-0.05, 0) is 35.4 Å². The summed E-state index contributed by atoms with van der Waals surface area (Å²) in [5, 5.41) is 18.8. The molecule has 0 spiro atoms. The number of hydrogen-bond acceptors (Lipinski definition) is 6. The second kappa shape index (κ2) is 6.41. The second-order valence-corrected chi connectivity index (χ2v) is 9.40. The number of aryl methyl sites for hydroxylation is 2. The van der Waals surface area contributed by atoms with Gasteiger partial charge in [0.25, 0.3) is 0 Å². The number of aliphatic hydroxyl groups is 1. The van der Waals surface area contributed by atoms with Crippen molar-refractivity contribution >= 4 is 32.4 Å². The van der Waals surface area contributed by atoms with E-state index in [2.05, 4.69) is 10.1 Å². The van der Waals surface area contributed by atoms with Gasteiger partial charge in [0.1, 0.15) is 4.90 Å². The highest BCUT2D eigenvalue weighted by atomic mass is 32.2. The van der Waals surface area contributed by atoms with Crippen LogP contribution >= 0.6 is 11.3 Å². The molecule has 2 atom stereocenters. The van der Waals surface area contributed by atoms with Crippen molar-refractivity contribution in [3.63, 3.8) is 0 Å². The molecule has 0 aromatic carbocycles. The van der Waals surface area contributed by atoms with E-state index in [9.17, 15) is 13.5 Å². The molecule has 1 saturated heterocycles. The molecular formula is C17H20N4O3S2. The number of hydrogen-bond donors (Lipinski definition) is 1. The number of sulfonamides is 1. The number of thiophene rings is 1. The van der Waals surface area contributed by atoms with Crippen molar-refractivity contribution in [3.05, 3.63) is 40.3 Å². The summed E-state index contributed by atoms with van der Waals surface area (Å²) in [5.74, 6) is -0.0889. The van der Waals surface area contributed by atoms with Crippen molar-refractivity contribution in [2.75, 3.05) is 19.7 Å². The van der Waals surface area contributed by atoms with E-state index in [4.69, 9.17) is 0 Å². The first-order chi connectivity index (χ1) is 12.4. The molecule has 26 heavy (non-hydrogen) atoms. The minimum Gasteiger partial charge on any atom is -0.396 e. The van der Waals surface area contributed by atoms with Gasteiger partial charge >= 0.3 is 0 Å². The van der Waals surface area contributed by atoms with Crippen molar-refractivity contribution in [3.8, 4) is 0 Å². The summed E-state index contributed by atoms with van der Waals surface area (Å²) in [4.78, 5) is 4.46.